The fourth-order valence-corrected chi connectivity index (χ4v) is 3.77. The normalized spacial score (nSPS) is 12.1. The molecule has 0 aliphatic rings. The van der Waals surface area contributed by atoms with Crippen molar-refractivity contribution in [1.29, 1.82) is 0 Å². The van der Waals surface area contributed by atoms with Crippen LogP contribution in [0.25, 0.3) is 0 Å². The summed E-state index contributed by atoms with van der Waals surface area (Å²) in [4.78, 5) is 0. The minimum Gasteiger partial charge on any atom is -0.496 e. The third-order valence-corrected chi connectivity index (χ3v) is 5.04. The van der Waals surface area contributed by atoms with Crippen molar-refractivity contribution in [1.82, 2.24) is 0 Å². The van der Waals surface area contributed by atoms with Crippen LogP contribution in [0.4, 0.5) is 4.39 Å². The van der Waals surface area contributed by atoms with Gasteiger partial charge in [-0.15, -0.1) is 11.6 Å². The van der Waals surface area contributed by atoms with Crippen molar-refractivity contribution in [2.75, 3.05) is 14.2 Å². The first kappa shape index (κ1) is 16.8. The van der Waals surface area contributed by atoms with Crippen LogP contribution in [-0.4, -0.2) is 14.2 Å². The highest BCUT2D eigenvalue weighted by molar-refractivity contribution is 14.1. The van der Waals surface area contributed by atoms with Gasteiger partial charge < -0.3 is 9.47 Å². The van der Waals surface area contributed by atoms with E-state index in [1.165, 1.54) is 12.1 Å². The van der Waals surface area contributed by atoms with Gasteiger partial charge in [0, 0.05) is 9.13 Å². The molecule has 0 heterocycles. The average molecular weight is 486 g/mol. The molecule has 0 aromatic heterocycles. The highest BCUT2D eigenvalue weighted by Crippen LogP contribution is 2.41. The summed E-state index contributed by atoms with van der Waals surface area (Å²) in [5.74, 6) is 1.02. The Labute approximate surface area is 149 Å². The molecule has 0 spiro atoms. The average Bonchev–Trinajstić information content (AvgIpc) is 2.46. The van der Waals surface area contributed by atoms with E-state index in [1.807, 2.05) is 6.07 Å². The zero-order valence-corrected chi connectivity index (χ0v) is 15.8. The van der Waals surface area contributed by atoms with Crippen LogP contribution in [0.3, 0.4) is 0 Å². The summed E-state index contributed by atoms with van der Waals surface area (Å²) >= 11 is 12.1. The minimum absolute atomic E-state index is 0.285. The van der Waals surface area contributed by atoms with Crippen LogP contribution < -0.4 is 9.47 Å². The van der Waals surface area contributed by atoms with Crippen LogP contribution in [0.15, 0.2) is 34.8 Å². The molecule has 0 bridgehead atoms. The molecule has 1 unspecified atom stereocenters. The molecule has 6 heteroatoms. The Balaban J connectivity index is 2.53. The van der Waals surface area contributed by atoms with Crippen molar-refractivity contribution in [3.05, 3.63) is 55.3 Å². The molecular weight excluding hydrogens is 473 g/mol. The summed E-state index contributed by atoms with van der Waals surface area (Å²) in [5, 5.41) is -0.463. The van der Waals surface area contributed by atoms with E-state index in [1.54, 1.807) is 26.4 Å². The molecular formula is C15H12BrClFIO2. The van der Waals surface area contributed by atoms with Gasteiger partial charge in [0.15, 0.2) is 0 Å². The third kappa shape index (κ3) is 3.63. The van der Waals surface area contributed by atoms with Gasteiger partial charge in [-0.3, -0.25) is 0 Å². The van der Waals surface area contributed by atoms with Crippen molar-refractivity contribution in [2.24, 2.45) is 0 Å². The second-order valence-electron chi connectivity index (χ2n) is 4.26. The van der Waals surface area contributed by atoms with Gasteiger partial charge in [0.25, 0.3) is 0 Å². The highest BCUT2D eigenvalue weighted by atomic mass is 127. The molecule has 0 amide bonds. The lowest BCUT2D eigenvalue weighted by molar-refractivity contribution is 0.397. The van der Waals surface area contributed by atoms with Gasteiger partial charge in [-0.05, 0) is 68.3 Å². The first-order valence-corrected chi connectivity index (χ1v) is 8.29. The Kier molecular flexibility index (Phi) is 5.73. The fraction of sp³-hybridized carbons (Fsp3) is 0.200. The second-order valence-corrected chi connectivity index (χ2v) is 6.71. The van der Waals surface area contributed by atoms with Gasteiger partial charge in [-0.1, -0.05) is 6.07 Å². The Morgan fingerprint density at radius 1 is 1.10 bits per heavy atom. The van der Waals surface area contributed by atoms with Crippen LogP contribution >= 0.6 is 50.1 Å². The third-order valence-electron chi connectivity index (χ3n) is 3.01. The summed E-state index contributed by atoms with van der Waals surface area (Å²) < 4.78 is 25.5. The molecule has 0 fully saturated rings. The fourth-order valence-electron chi connectivity index (χ4n) is 1.96. The highest BCUT2D eigenvalue weighted by Gasteiger charge is 2.20. The number of halogens is 4. The number of rotatable bonds is 4. The van der Waals surface area contributed by atoms with E-state index in [9.17, 15) is 4.39 Å². The summed E-state index contributed by atoms with van der Waals surface area (Å²) in [6.45, 7) is 0. The summed E-state index contributed by atoms with van der Waals surface area (Å²) in [5.41, 5.74) is 1.59. The van der Waals surface area contributed by atoms with Crippen molar-refractivity contribution < 1.29 is 13.9 Å². The number of hydrogen-bond acceptors (Lipinski definition) is 2. The van der Waals surface area contributed by atoms with E-state index in [4.69, 9.17) is 21.1 Å². The smallest absolute Gasteiger partial charge is 0.133 e. The molecule has 112 valence electrons. The number of methoxy groups -OCH3 is 2. The molecule has 0 saturated carbocycles. The van der Waals surface area contributed by atoms with Gasteiger partial charge in [-0.25, -0.2) is 4.39 Å². The van der Waals surface area contributed by atoms with Crippen molar-refractivity contribution in [3.63, 3.8) is 0 Å². The first-order valence-electron chi connectivity index (χ1n) is 5.98. The zero-order valence-electron chi connectivity index (χ0n) is 11.3. The quantitative estimate of drug-likeness (QED) is 0.418. The maximum Gasteiger partial charge on any atom is 0.133 e. The molecule has 2 rings (SSSR count). The van der Waals surface area contributed by atoms with E-state index in [0.717, 1.165) is 19.2 Å². The molecule has 2 aromatic rings. The topological polar surface area (TPSA) is 18.5 Å². The van der Waals surface area contributed by atoms with Crippen molar-refractivity contribution >= 4 is 50.1 Å². The molecule has 21 heavy (non-hydrogen) atoms. The Morgan fingerprint density at radius 2 is 1.76 bits per heavy atom. The van der Waals surface area contributed by atoms with Gasteiger partial charge in [0.1, 0.15) is 17.3 Å². The standard InChI is InChI=1S/C15H12BrClFIO2/c1-20-13-7-11(16)14(21-2)6-10(13)15(17)9-4-3-8(18)5-12(9)19/h3-7,15H,1-2H3. The van der Waals surface area contributed by atoms with Gasteiger partial charge >= 0.3 is 0 Å². The molecule has 0 aliphatic heterocycles. The molecule has 2 nitrogen and oxygen atoms in total. The van der Waals surface area contributed by atoms with Crippen molar-refractivity contribution in [3.8, 4) is 11.5 Å². The van der Waals surface area contributed by atoms with Gasteiger partial charge in [0.05, 0.1) is 24.1 Å². The number of hydrogen-bond donors (Lipinski definition) is 0. The summed E-state index contributed by atoms with van der Waals surface area (Å²) in [6.07, 6.45) is 0. The zero-order chi connectivity index (χ0) is 15.6. The first-order chi connectivity index (χ1) is 9.97. The number of alkyl halides is 1. The molecule has 0 N–H and O–H groups in total. The second kappa shape index (κ2) is 7.15. The van der Waals surface area contributed by atoms with Gasteiger partial charge in [-0.2, -0.15) is 0 Å². The van der Waals surface area contributed by atoms with Crippen LogP contribution in [0.2, 0.25) is 0 Å². The molecule has 2 aromatic carbocycles. The lowest BCUT2D eigenvalue weighted by atomic mass is 10.0. The summed E-state index contributed by atoms with van der Waals surface area (Å²) in [6, 6.07) is 8.16. The number of ether oxygens (including phenoxy) is 2. The van der Waals surface area contributed by atoms with E-state index >= 15 is 0 Å². The lowest BCUT2D eigenvalue weighted by Gasteiger charge is -2.18. The Hall–Kier alpha value is -0.530. The molecule has 1 atom stereocenters. The van der Waals surface area contributed by atoms with Crippen LogP contribution in [-0.2, 0) is 0 Å². The molecule has 0 saturated heterocycles. The SMILES string of the molecule is COc1cc(C(Cl)c2ccc(F)cc2I)c(OC)cc1Br. The number of benzene rings is 2. The van der Waals surface area contributed by atoms with E-state index in [0.29, 0.717) is 11.5 Å². The molecule has 0 aliphatic carbocycles. The van der Waals surface area contributed by atoms with Crippen LogP contribution in [0.1, 0.15) is 16.5 Å². The maximum absolute atomic E-state index is 13.2. The van der Waals surface area contributed by atoms with Crippen molar-refractivity contribution in [2.45, 2.75) is 5.38 Å². The Morgan fingerprint density at radius 3 is 2.33 bits per heavy atom. The van der Waals surface area contributed by atoms with E-state index in [2.05, 4.69) is 38.5 Å². The predicted molar refractivity (Wildman–Crippen MR) is 94.1 cm³/mol. The summed E-state index contributed by atoms with van der Waals surface area (Å²) in [7, 11) is 3.16. The van der Waals surface area contributed by atoms with Crippen LogP contribution in [0.5, 0.6) is 11.5 Å². The monoisotopic (exact) mass is 484 g/mol. The van der Waals surface area contributed by atoms with E-state index < -0.39 is 5.38 Å². The van der Waals surface area contributed by atoms with E-state index in [-0.39, 0.29) is 5.82 Å². The van der Waals surface area contributed by atoms with Gasteiger partial charge in [0.2, 0.25) is 0 Å². The lowest BCUT2D eigenvalue weighted by Crippen LogP contribution is -2.01. The maximum atomic E-state index is 13.2. The van der Waals surface area contributed by atoms with Crippen LogP contribution in [0, 0.1) is 9.39 Å². The predicted octanol–water partition coefficient (Wildman–Crippen LogP) is 5.54. The largest absolute Gasteiger partial charge is 0.496 e. The Bertz CT molecular complexity index is 666. The molecule has 0 radical (unpaired) electrons. The minimum atomic E-state index is -0.463.